The van der Waals surface area contributed by atoms with E-state index < -0.39 is 17.2 Å². The average Bonchev–Trinajstić information content (AvgIpc) is 2.99. The Hall–Kier alpha value is -2.27. The minimum absolute atomic E-state index is 0.137. The van der Waals surface area contributed by atoms with Crippen LogP contribution in [0.25, 0.3) is 0 Å². The van der Waals surface area contributed by atoms with Crippen LogP contribution < -0.4 is 9.47 Å². The van der Waals surface area contributed by atoms with Gasteiger partial charge in [0.1, 0.15) is 18.0 Å². The lowest BCUT2D eigenvalue weighted by Gasteiger charge is -2.30. The van der Waals surface area contributed by atoms with Gasteiger partial charge in [0.15, 0.2) is 11.6 Å². The van der Waals surface area contributed by atoms with Crippen LogP contribution in [0.15, 0.2) is 30.3 Å². The van der Waals surface area contributed by atoms with Gasteiger partial charge in [-0.2, -0.15) is 0 Å². The van der Waals surface area contributed by atoms with Gasteiger partial charge in [-0.25, -0.2) is 4.39 Å². The van der Waals surface area contributed by atoms with E-state index in [0.717, 1.165) is 28.9 Å². The SMILES string of the molecule is CCC(C)(C(=O)O)C(C)Cc1ccc(OCc2cc(Cl)cc3c2OC(C)(C)C3)c(F)c1. The van der Waals surface area contributed by atoms with Gasteiger partial charge in [-0.3, -0.25) is 4.79 Å². The van der Waals surface area contributed by atoms with Crippen LogP contribution in [0.1, 0.15) is 57.7 Å². The summed E-state index contributed by atoms with van der Waals surface area (Å²) in [5, 5.41) is 10.2. The van der Waals surface area contributed by atoms with Gasteiger partial charge in [-0.1, -0.05) is 31.5 Å². The van der Waals surface area contributed by atoms with E-state index in [1.165, 1.54) is 6.07 Å². The van der Waals surface area contributed by atoms with Gasteiger partial charge in [-0.05, 0) is 74.9 Å². The zero-order chi connectivity index (χ0) is 23.0. The molecule has 31 heavy (non-hydrogen) atoms. The highest BCUT2D eigenvalue weighted by Gasteiger charge is 2.37. The van der Waals surface area contributed by atoms with Crippen molar-refractivity contribution < 1.29 is 23.8 Å². The zero-order valence-electron chi connectivity index (χ0n) is 18.7. The Balaban J connectivity index is 1.72. The molecule has 1 heterocycles. The first kappa shape index (κ1) is 23.4. The van der Waals surface area contributed by atoms with E-state index >= 15 is 0 Å². The molecule has 4 nitrogen and oxygen atoms in total. The van der Waals surface area contributed by atoms with Crippen LogP contribution in [-0.4, -0.2) is 16.7 Å². The maximum Gasteiger partial charge on any atom is 0.309 e. The largest absolute Gasteiger partial charge is 0.487 e. The number of aliphatic carboxylic acids is 1. The van der Waals surface area contributed by atoms with E-state index in [1.54, 1.807) is 25.1 Å². The Kier molecular flexibility index (Phi) is 6.56. The second kappa shape index (κ2) is 8.70. The van der Waals surface area contributed by atoms with Crippen molar-refractivity contribution in [2.45, 2.75) is 66.1 Å². The Morgan fingerprint density at radius 3 is 2.68 bits per heavy atom. The summed E-state index contributed by atoms with van der Waals surface area (Å²) in [6, 6.07) is 8.48. The van der Waals surface area contributed by atoms with Crippen molar-refractivity contribution in [1.82, 2.24) is 0 Å². The average molecular weight is 449 g/mol. The number of carboxylic acid groups (broad SMARTS) is 1. The number of ether oxygens (including phenoxy) is 2. The molecule has 6 heteroatoms. The molecule has 0 saturated heterocycles. The number of halogens is 2. The first-order valence-electron chi connectivity index (χ1n) is 10.6. The number of rotatable bonds is 8. The molecule has 0 aliphatic carbocycles. The van der Waals surface area contributed by atoms with Crippen LogP contribution in [0.4, 0.5) is 4.39 Å². The van der Waals surface area contributed by atoms with E-state index in [1.807, 2.05) is 33.8 Å². The van der Waals surface area contributed by atoms with Gasteiger partial charge in [0.25, 0.3) is 0 Å². The van der Waals surface area contributed by atoms with E-state index in [9.17, 15) is 14.3 Å². The highest BCUT2D eigenvalue weighted by Crippen LogP contribution is 2.40. The Bertz CT molecular complexity index is 988. The molecule has 0 radical (unpaired) electrons. The normalized spacial score (nSPS) is 17.4. The molecule has 2 aromatic rings. The monoisotopic (exact) mass is 448 g/mol. The van der Waals surface area contributed by atoms with Crippen molar-refractivity contribution in [3.8, 4) is 11.5 Å². The summed E-state index contributed by atoms with van der Waals surface area (Å²) < 4.78 is 26.5. The van der Waals surface area contributed by atoms with E-state index in [0.29, 0.717) is 17.9 Å². The fraction of sp³-hybridized carbons (Fsp3) is 0.480. The second-order valence-electron chi connectivity index (χ2n) is 9.33. The summed E-state index contributed by atoms with van der Waals surface area (Å²) in [6.07, 6.45) is 1.73. The molecular weight excluding hydrogens is 419 g/mol. The second-order valence-corrected chi connectivity index (χ2v) is 9.76. The summed E-state index contributed by atoms with van der Waals surface area (Å²) in [4.78, 5) is 11.7. The summed E-state index contributed by atoms with van der Waals surface area (Å²) in [5.41, 5.74) is 1.39. The van der Waals surface area contributed by atoms with Gasteiger partial charge >= 0.3 is 5.97 Å². The number of carboxylic acids is 1. The standard InChI is InChI=1S/C25H30ClFO4/c1-6-25(5,23(28)29)15(2)9-16-7-8-21(20(27)10-16)30-14-18-12-19(26)11-17-13-24(3,4)31-22(17)18/h7-8,10-12,15H,6,9,13-14H2,1-5H3,(H,28,29). The van der Waals surface area contributed by atoms with Crippen LogP contribution in [-0.2, 0) is 24.2 Å². The molecule has 1 aliphatic heterocycles. The Morgan fingerprint density at radius 1 is 1.35 bits per heavy atom. The molecule has 1 N–H and O–H groups in total. The van der Waals surface area contributed by atoms with E-state index in [4.69, 9.17) is 21.1 Å². The number of hydrogen-bond acceptors (Lipinski definition) is 3. The number of benzene rings is 2. The number of hydrogen-bond donors (Lipinski definition) is 1. The highest BCUT2D eigenvalue weighted by molar-refractivity contribution is 6.30. The Labute approximate surface area is 188 Å². The first-order valence-corrected chi connectivity index (χ1v) is 11.0. The first-order chi connectivity index (χ1) is 14.4. The lowest BCUT2D eigenvalue weighted by Crippen LogP contribution is -2.35. The molecule has 0 amide bonds. The van der Waals surface area contributed by atoms with Gasteiger partial charge in [0.05, 0.1) is 5.41 Å². The third-order valence-electron chi connectivity index (χ3n) is 6.43. The number of carbonyl (C=O) groups is 1. The minimum Gasteiger partial charge on any atom is -0.487 e. The number of fused-ring (bicyclic) bond motifs is 1. The topological polar surface area (TPSA) is 55.8 Å². The highest BCUT2D eigenvalue weighted by atomic mass is 35.5. The van der Waals surface area contributed by atoms with Crippen molar-refractivity contribution in [2.75, 3.05) is 0 Å². The van der Waals surface area contributed by atoms with Crippen LogP contribution in [0, 0.1) is 17.2 Å². The van der Waals surface area contributed by atoms with Crippen LogP contribution in [0.2, 0.25) is 5.02 Å². The van der Waals surface area contributed by atoms with Crippen molar-refractivity contribution >= 4 is 17.6 Å². The summed E-state index contributed by atoms with van der Waals surface area (Å²) in [6.45, 7) is 9.65. The van der Waals surface area contributed by atoms with Crippen LogP contribution >= 0.6 is 11.6 Å². The van der Waals surface area contributed by atoms with E-state index in [2.05, 4.69) is 0 Å². The van der Waals surface area contributed by atoms with Gasteiger partial charge in [0, 0.05) is 17.0 Å². The minimum atomic E-state index is -0.855. The molecule has 0 aromatic heterocycles. The molecule has 168 valence electrons. The third kappa shape index (κ3) is 4.98. The lowest BCUT2D eigenvalue weighted by molar-refractivity contribution is -0.151. The molecule has 0 bridgehead atoms. The van der Waals surface area contributed by atoms with Crippen LogP contribution in [0.5, 0.6) is 11.5 Å². The van der Waals surface area contributed by atoms with Crippen molar-refractivity contribution in [2.24, 2.45) is 11.3 Å². The molecule has 0 saturated carbocycles. The van der Waals surface area contributed by atoms with Gasteiger partial charge < -0.3 is 14.6 Å². The molecule has 2 unspecified atom stereocenters. The van der Waals surface area contributed by atoms with Crippen molar-refractivity contribution in [3.63, 3.8) is 0 Å². The predicted octanol–water partition coefficient (Wildman–Crippen LogP) is 6.45. The van der Waals surface area contributed by atoms with Crippen molar-refractivity contribution in [3.05, 3.63) is 57.9 Å². The molecular formula is C25H30ClFO4. The summed E-state index contributed by atoms with van der Waals surface area (Å²) in [7, 11) is 0. The smallest absolute Gasteiger partial charge is 0.309 e. The van der Waals surface area contributed by atoms with E-state index in [-0.39, 0.29) is 23.9 Å². The quantitative estimate of drug-likeness (QED) is 0.504. The maximum atomic E-state index is 14.7. The molecule has 0 spiro atoms. The Morgan fingerprint density at radius 2 is 2.06 bits per heavy atom. The predicted molar refractivity (Wildman–Crippen MR) is 119 cm³/mol. The molecule has 3 rings (SSSR count). The fourth-order valence-corrected chi connectivity index (χ4v) is 4.35. The van der Waals surface area contributed by atoms with Gasteiger partial charge in [-0.15, -0.1) is 0 Å². The third-order valence-corrected chi connectivity index (χ3v) is 6.65. The molecule has 1 aliphatic rings. The fourth-order valence-electron chi connectivity index (χ4n) is 4.09. The zero-order valence-corrected chi connectivity index (χ0v) is 19.5. The summed E-state index contributed by atoms with van der Waals surface area (Å²) in [5.74, 6) is -0.553. The van der Waals surface area contributed by atoms with Crippen molar-refractivity contribution in [1.29, 1.82) is 0 Å². The molecule has 0 fully saturated rings. The maximum absolute atomic E-state index is 14.7. The molecule has 2 atom stereocenters. The molecule has 2 aromatic carbocycles. The van der Waals surface area contributed by atoms with Gasteiger partial charge in [0.2, 0.25) is 0 Å². The summed E-state index contributed by atoms with van der Waals surface area (Å²) >= 11 is 6.25. The van der Waals surface area contributed by atoms with Crippen LogP contribution in [0.3, 0.4) is 0 Å². The lowest BCUT2D eigenvalue weighted by atomic mass is 9.73.